The fourth-order valence-corrected chi connectivity index (χ4v) is 2.84. The van der Waals surface area contributed by atoms with E-state index in [4.69, 9.17) is 16.3 Å². The van der Waals surface area contributed by atoms with Gasteiger partial charge in [0.25, 0.3) is 0 Å². The van der Waals surface area contributed by atoms with Gasteiger partial charge in [0.1, 0.15) is 5.75 Å². The second-order valence-corrected chi connectivity index (χ2v) is 5.39. The molecule has 0 saturated heterocycles. The highest BCUT2D eigenvalue weighted by Crippen LogP contribution is 2.30. The summed E-state index contributed by atoms with van der Waals surface area (Å²) in [4.78, 5) is 12.2. The molecule has 0 heterocycles. The van der Waals surface area contributed by atoms with Crippen LogP contribution in [0.4, 0.5) is 0 Å². The Bertz CT molecular complexity index is 423. The Labute approximate surface area is 113 Å². The van der Waals surface area contributed by atoms with Gasteiger partial charge in [-0.15, -0.1) is 0 Å². The molecule has 0 amide bonds. The Morgan fingerprint density at radius 1 is 1.39 bits per heavy atom. The van der Waals surface area contributed by atoms with Gasteiger partial charge in [-0.2, -0.15) is 0 Å². The molecule has 1 aliphatic rings. The quantitative estimate of drug-likeness (QED) is 0.734. The molecule has 0 atom stereocenters. The number of rotatable bonds is 5. The van der Waals surface area contributed by atoms with Gasteiger partial charge < -0.3 is 4.74 Å². The number of hydrogen-bond acceptors (Lipinski definition) is 2. The lowest BCUT2D eigenvalue weighted by Gasteiger charge is -2.10. The van der Waals surface area contributed by atoms with E-state index in [-0.39, 0.29) is 5.78 Å². The highest BCUT2D eigenvalue weighted by Gasteiger charge is 2.18. The third-order valence-electron chi connectivity index (χ3n) is 3.72. The monoisotopic (exact) mass is 266 g/mol. The first-order valence-corrected chi connectivity index (χ1v) is 6.95. The maximum Gasteiger partial charge on any atom is 0.166 e. The Morgan fingerprint density at radius 2 is 2.11 bits per heavy atom. The first-order valence-electron chi connectivity index (χ1n) is 6.57. The van der Waals surface area contributed by atoms with Gasteiger partial charge >= 0.3 is 0 Å². The van der Waals surface area contributed by atoms with Gasteiger partial charge in [0.2, 0.25) is 0 Å². The van der Waals surface area contributed by atoms with E-state index in [1.54, 1.807) is 25.3 Å². The van der Waals surface area contributed by atoms with Crippen molar-refractivity contribution in [1.29, 1.82) is 0 Å². The molecule has 1 fully saturated rings. The maximum atomic E-state index is 12.2. The first-order chi connectivity index (χ1) is 8.70. The van der Waals surface area contributed by atoms with Crippen molar-refractivity contribution in [1.82, 2.24) is 0 Å². The largest absolute Gasteiger partial charge is 0.496 e. The van der Waals surface area contributed by atoms with Crippen LogP contribution in [0.3, 0.4) is 0 Å². The topological polar surface area (TPSA) is 26.3 Å². The Kier molecular flexibility index (Phi) is 4.65. The summed E-state index contributed by atoms with van der Waals surface area (Å²) in [6.45, 7) is 0. The van der Waals surface area contributed by atoms with E-state index in [2.05, 4.69) is 0 Å². The summed E-state index contributed by atoms with van der Waals surface area (Å²) < 4.78 is 5.21. The summed E-state index contributed by atoms with van der Waals surface area (Å²) in [6.07, 6.45) is 6.79. The zero-order valence-electron chi connectivity index (χ0n) is 10.7. The lowest BCUT2D eigenvalue weighted by atomic mass is 9.97. The second kappa shape index (κ2) is 6.24. The summed E-state index contributed by atoms with van der Waals surface area (Å²) in [5.74, 6) is 1.50. The van der Waals surface area contributed by atoms with Gasteiger partial charge in [0.05, 0.1) is 12.7 Å². The molecule has 3 heteroatoms. The van der Waals surface area contributed by atoms with E-state index in [9.17, 15) is 4.79 Å². The summed E-state index contributed by atoms with van der Waals surface area (Å²) >= 11 is 5.94. The smallest absolute Gasteiger partial charge is 0.166 e. The summed E-state index contributed by atoms with van der Waals surface area (Å²) in [5, 5.41) is 0.583. The molecule has 2 rings (SSSR count). The summed E-state index contributed by atoms with van der Waals surface area (Å²) in [5.41, 5.74) is 0.614. The standard InChI is InChI=1S/C15H19ClO2/c1-18-15-9-7-12(16)10-13(15)14(17)8-6-11-4-2-3-5-11/h7,9-11H,2-6,8H2,1H3. The van der Waals surface area contributed by atoms with E-state index >= 15 is 0 Å². The number of Topliss-reactive ketones (excluding diaryl/α,β-unsaturated/α-hetero) is 1. The summed E-state index contributed by atoms with van der Waals surface area (Å²) in [7, 11) is 1.58. The Hall–Kier alpha value is -1.02. The molecule has 98 valence electrons. The van der Waals surface area contributed by atoms with Crippen molar-refractivity contribution >= 4 is 17.4 Å². The highest BCUT2D eigenvalue weighted by atomic mass is 35.5. The van der Waals surface area contributed by atoms with E-state index in [1.807, 2.05) is 0 Å². The normalized spacial score (nSPS) is 15.9. The van der Waals surface area contributed by atoms with Crippen LogP contribution in [0, 0.1) is 5.92 Å². The molecule has 1 aromatic rings. The number of halogens is 1. The van der Waals surface area contributed by atoms with Gasteiger partial charge in [-0.25, -0.2) is 0 Å². The number of benzene rings is 1. The molecule has 2 nitrogen and oxygen atoms in total. The van der Waals surface area contributed by atoms with Crippen molar-refractivity contribution in [3.05, 3.63) is 28.8 Å². The molecule has 1 saturated carbocycles. The van der Waals surface area contributed by atoms with Gasteiger partial charge in [-0.05, 0) is 30.5 Å². The fraction of sp³-hybridized carbons (Fsp3) is 0.533. The molecule has 1 aliphatic carbocycles. The van der Waals surface area contributed by atoms with Crippen molar-refractivity contribution in [3.63, 3.8) is 0 Å². The molecule has 0 unspecified atom stereocenters. The Morgan fingerprint density at radius 3 is 2.78 bits per heavy atom. The van der Waals surface area contributed by atoms with Crippen LogP contribution in [0.25, 0.3) is 0 Å². The van der Waals surface area contributed by atoms with E-state index in [0.29, 0.717) is 22.8 Å². The zero-order chi connectivity index (χ0) is 13.0. The van der Waals surface area contributed by atoms with Gasteiger partial charge in [-0.3, -0.25) is 4.79 Å². The maximum absolute atomic E-state index is 12.2. The van der Waals surface area contributed by atoms with Crippen LogP contribution in [0.1, 0.15) is 48.9 Å². The number of carbonyl (C=O) groups is 1. The molecule has 0 radical (unpaired) electrons. The first kappa shape index (κ1) is 13.4. The second-order valence-electron chi connectivity index (χ2n) is 4.96. The van der Waals surface area contributed by atoms with E-state index in [0.717, 1.165) is 12.3 Å². The number of hydrogen-bond donors (Lipinski definition) is 0. The van der Waals surface area contributed by atoms with Crippen LogP contribution in [0.15, 0.2) is 18.2 Å². The predicted octanol–water partition coefficient (Wildman–Crippen LogP) is 4.50. The third-order valence-corrected chi connectivity index (χ3v) is 3.95. The van der Waals surface area contributed by atoms with Crippen LogP contribution in [-0.2, 0) is 0 Å². The summed E-state index contributed by atoms with van der Waals surface area (Å²) in [6, 6.07) is 5.21. The number of carbonyl (C=O) groups excluding carboxylic acids is 1. The van der Waals surface area contributed by atoms with Gasteiger partial charge in [0.15, 0.2) is 5.78 Å². The number of ether oxygens (including phenoxy) is 1. The lowest BCUT2D eigenvalue weighted by molar-refractivity contribution is 0.0971. The van der Waals surface area contributed by atoms with E-state index in [1.165, 1.54) is 25.7 Å². The molecule has 0 aromatic heterocycles. The highest BCUT2D eigenvalue weighted by molar-refractivity contribution is 6.31. The number of ketones is 1. The molecule has 0 spiro atoms. The number of methoxy groups -OCH3 is 1. The molecular weight excluding hydrogens is 248 g/mol. The zero-order valence-corrected chi connectivity index (χ0v) is 11.5. The van der Waals surface area contributed by atoms with E-state index < -0.39 is 0 Å². The van der Waals surface area contributed by atoms with Crippen molar-refractivity contribution in [2.24, 2.45) is 5.92 Å². The Balaban J connectivity index is 2.00. The van der Waals surface area contributed by atoms with Crippen molar-refractivity contribution in [3.8, 4) is 5.75 Å². The van der Waals surface area contributed by atoms with Gasteiger partial charge in [-0.1, -0.05) is 37.3 Å². The minimum absolute atomic E-state index is 0.140. The molecule has 0 aliphatic heterocycles. The fourth-order valence-electron chi connectivity index (χ4n) is 2.67. The minimum Gasteiger partial charge on any atom is -0.496 e. The van der Waals surface area contributed by atoms with Crippen molar-refractivity contribution in [2.45, 2.75) is 38.5 Å². The third kappa shape index (κ3) is 3.26. The molecule has 0 N–H and O–H groups in total. The van der Waals surface area contributed by atoms with Crippen LogP contribution < -0.4 is 4.74 Å². The van der Waals surface area contributed by atoms with Crippen LogP contribution in [-0.4, -0.2) is 12.9 Å². The van der Waals surface area contributed by atoms with Crippen LogP contribution in [0.5, 0.6) is 5.75 Å². The average molecular weight is 267 g/mol. The predicted molar refractivity (Wildman–Crippen MR) is 73.5 cm³/mol. The molecular formula is C15H19ClO2. The SMILES string of the molecule is COc1ccc(Cl)cc1C(=O)CCC1CCCC1. The van der Waals surface area contributed by atoms with Crippen molar-refractivity contribution in [2.75, 3.05) is 7.11 Å². The average Bonchev–Trinajstić information content (AvgIpc) is 2.89. The van der Waals surface area contributed by atoms with Crippen molar-refractivity contribution < 1.29 is 9.53 Å². The molecule has 18 heavy (non-hydrogen) atoms. The van der Waals surface area contributed by atoms with Crippen LogP contribution in [0.2, 0.25) is 5.02 Å². The lowest BCUT2D eigenvalue weighted by Crippen LogP contribution is -2.05. The molecule has 1 aromatic carbocycles. The van der Waals surface area contributed by atoms with Crippen LogP contribution >= 0.6 is 11.6 Å². The van der Waals surface area contributed by atoms with Gasteiger partial charge in [0, 0.05) is 11.4 Å². The molecule has 0 bridgehead atoms. The minimum atomic E-state index is 0.140.